The first kappa shape index (κ1) is 57.9. The van der Waals surface area contributed by atoms with Crippen LogP contribution in [0.25, 0.3) is 0 Å². The van der Waals surface area contributed by atoms with Crippen LogP contribution in [0.1, 0.15) is 142 Å². The fourth-order valence-corrected chi connectivity index (χ4v) is 6.89. The molecule has 12 heteroatoms. The summed E-state index contributed by atoms with van der Waals surface area (Å²) in [4.78, 5) is 38.7. The first-order chi connectivity index (χ1) is 30.4. The van der Waals surface area contributed by atoms with Crippen molar-refractivity contribution in [1.82, 2.24) is 0 Å². The number of quaternary nitrogens is 1. The van der Waals surface area contributed by atoms with Crippen molar-refractivity contribution in [2.24, 2.45) is 0 Å². The molecule has 0 amide bonds. The third-order valence-corrected chi connectivity index (χ3v) is 10.8. The minimum atomic E-state index is -4.72. The second kappa shape index (κ2) is 38.2. The third kappa shape index (κ3) is 33.9. The van der Waals surface area contributed by atoms with Gasteiger partial charge in [0.2, 0.25) is 0 Å². The van der Waals surface area contributed by atoms with Crippen LogP contribution >= 0.6 is 7.82 Å². The molecule has 1 aliphatic heterocycles. The average molecular weight is 902 g/mol. The van der Waals surface area contributed by atoms with E-state index in [-0.39, 0.29) is 19.4 Å². The zero-order valence-electron chi connectivity index (χ0n) is 39.8. The topological polar surface area (TPSA) is 130 Å². The summed E-state index contributed by atoms with van der Waals surface area (Å²) in [5.41, 5.74) is 0. The first-order valence-corrected chi connectivity index (χ1v) is 25.1. The Morgan fingerprint density at radius 1 is 0.571 bits per heavy atom. The van der Waals surface area contributed by atoms with Crippen LogP contribution in [0, 0.1) is 0 Å². The van der Waals surface area contributed by atoms with Crippen molar-refractivity contribution >= 4 is 19.8 Å². The van der Waals surface area contributed by atoms with E-state index in [1.54, 1.807) is 0 Å². The largest absolute Gasteiger partial charge is 0.756 e. The minimum absolute atomic E-state index is 0.0738. The van der Waals surface area contributed by atoms with Crippen molar-refractivity contribution in [3.05, 3.63) is 97.2 Å². The van der Waals surface area contributed by atoms with Crippen molar-refractivity contribution < 1.29 is 51.5 Å². The van der Waals surface area contributed by atoms with Gasteiger partial charge in [0.1, 0.15) is 19.3 Å². The standard InChI is InChI=1S/C51H84NO10P/c1-7-9-11-13-15-17-19-21-23-25-27-29-31-33-35-37-39-41-47(53)61-49-46(45-59-63(55,56)58-44-43-52(3,4)5)60-51(57-6)50(49)62-48(54)42-40-38-36-34-32-30-28-26-24-22-20-18-16-14-12-10-8-2/h15-18,21-24,27-30,33-36,46,49-51H,7-14,19-20,25-26,31-32,37-45H2,1-6H3/b17-15+,18-16+,23-21+,24-22+,29-27+,30-28+,35-33+,36-34+/t46-,49-,50-,51-/m1/s1. The van der Waals surface area contributed by atoms with E-state index < -0.39 is 51.0 Å². The average Bonchev–Trinajstić information content (AvgIpc) is 3.56. The van der Waals surface area contributed by atoms with E-state index in [0.29, 0.717) is 36.7 Å². The number of phosphoric acid groups is 1. The number of methoxy groups -OCH3 is 1. The Kier molecular flexibility index (Phi) is 35.0. The Bertz CT molecular complexity index is 1470. The molecule has 1 saturated heterocycles. The quantitative estimate of drug-likeness (QED) is 0.0194. The smallest absolute Gasteiger partial charge is 0.306 e. The Morgan fingerprint density at radius 3 is 1.33 bits per heavy atom. The predicted molar refractivity (Wildman–Crippen MR) is 255 cm³/mol. The molecule has 0 spiro atoms. The van der Waals surface area contributed by atoms with Crippen LogP contribution in [-0.4, -0.2) is 89.0 Å². The highest BCUT2D eigenvalue weighted by molar-refractivity contribution is 7.45. The van der Waals surface area contributed by atoms with Gasteiger partial charge >= 0.3 is 11.9 Å². The van der Waals surface area contributed by atoms with Crippen molar-refractivity contribution in [3.8, 4) is 0 Å². The number of likely N-dealkylation sites (N-methyl/N-ethyl adjacent to an activating group) is 1. The maximum Gasteiger partial charge on any atom is 0.306 e. The fraction of sp³-hybridized carbons (Fsp3) is 0.647. The maximum absolute atomic E-state index is 13.1. The summed E-state index contributed by atoms with van der Waals surface area (Å²) in [6.45, 7) is 4.27. The van der Waals surface area contributed by atoms with Crippen molar-refractivity contribution in [2.45, 2.75) is 167 Å². The normalized spacial score (nSPS) is 19.8. The molecule has 1 unspecified atom stereocenters. The lowest BCUT2D eigenvalue weighted by atomic mass is 10.1. The summed E-state index contributed by atoms with van der Waals surface area (Å²) in [5, 5.41) is 0. The number of rotatable bonds is 38. The Balaban J connectivity index is 2.65. The SMILES string of the molecule is CCCCC/C=C/C/C=C/C/C=C/C/C=C/CCCC(=O)O[C@H]1[C@H](OC)O[C@H](COP(=O)([O-])OCC[N+](C)(C)C)[C@H]1OC(=O)CCC/C=C/C/C=C/C/C=C/C/C=C/CCCCC. The lowest BCUT2D eigenvalue weighted by Gasteiger charge is -2.28. The van der Waals surface area contributed by atoms with Gasteiger partial charge in [-0.1, -0.05) is 137 Å². The number of ether oxygens (including phenoxy) is 4. The number of allylic oxidation sites excluding steroid dienone is 16. The molecule has 0 aromatic heterocycles. The summed E-state index contributed by atoms with van der Waals surface area (Å²) in [6.07, 6.45) is 47.8. The molecule has 0 saturated carbocycles. The van der Waals surface area contributed by atoms with Gasteiger partial charge in [0.25, 0.3) is 7.82 Å². The van der Waals surface area contributed by atoms with Gasteiger partial charge < -0.3 is 37.4 Å². The minimum Gasteiger partial charge on any atom is -0.756 e. The lowest BCUT2D eigenvalue weighted by Crippen LogP contribution is -2.42. The van der Waals surface area contributed by atoms with E-state index in [4.69, 9.17) is 28.0 Å². The molecule has 0 aromatic rings. The number of phosphoric ester groups is 1. The summed E-state index contributed by atoms with van der Waals surface area (Å²) in [6, 6.07) is 0. The lowest BCUT2D eigenvalue weighted by molar-refractivity contribution is -0.870. The van der Waals surface area contributed by atoms with Gasteiger partial charge in [0, 0.05) is 20.0 Å². The van der Waals surface area contributed by atoms with E-state index in [1.807, 2.05) is 33.3 Å². The number of nitrogens with zero attached hydrogens (tertiary/aromatic N) is 1. The van der Waals surface area contributed by atoms with Gasteiger partial charge in [-0.25, -0.2) is 0 Å². The fourth-order valence-electron chi connectivity index (χ4n) is 6.18. The summed E-state index contributed by atoms with van der Waals surface area (Å²) < 4.78 is 46.3. The molecule has 11 nitrogen and oxygen atoms in total. The van der Waals surface area contributed by atoms with E-state index in [9.17, 15) is 19.0 Å². The van der Waals surface area contributed by atoms with E-state index in [2.05, 4.69) is 98.9 Å². The van der Waals surface area contributed by atoms with Gasteiger partial charge in [-0.15, -0.1) is 0 Å². The van der Waals surface area contributed by atoms with Crippen molar-refractivity contribution in [2.75, 3.05) is 48.0 Å². The summed E-state index contributed by atoms with van der Waals surface area (Å²) >= 11 is 0. The molecule has 1 rings (SSSR count). The highest BCUT2D eigenvalue weighted by Gasteiger charge is 2.50. The van der Waals surface area contributed by atoms with Gasteiger partial charge in [-0.05, 0) is 89.9 Å². The van der Waals surface area contributed by atoms with Gasteiger partial charge in [-0.3, -0.25) is 14.2 Å². The van der Waals surface area contributed by atoms with Crippen LogP contribution in [0.3, 0.4) is 0 Å². The zero-order valence-corrected chi connectivity index (χ0v) is 40.7. The highest BCUT2D eigenvalue weighted by atomic mass is 31.2. The zero-order chi connectivity index (χ0) is 46.3. The van der Waals surface area contributed by atoms with Gasteiger partial charge in [0.05, 0.1) is 27.7 Å². The van der Waals surface area contributed by atoms with E-state index in [0.717, 1.165) is 51.4 Å². The number of carbonyl (C=O) groups excluding carboxylic acids is 2. The Hall–Kier alpha value is -3.15. The molecule has 63 heavy (non-hydrogen) atoms. The molecular formula is C51H84NO10P. The molecule has 5 atom stereocenters. The van der Waals surface area contributed by atoms with Crippen LogP contribution in [0.4, 0.5) is 0 Å². The van der Waals surface area contributed by atoms with Crippen molar-refractivity contribution in [3.63, 3.8) is 0 Å². The summed E-state index contributed by atoms with van der Waals surface area (Å²) in [5.74, 6) is -1.05. The molecule has 0 aromatic carbocycles. The van der Waals surface area contributed by atoms with Crippen molar-refractivity contribution in [1.29, 1.82) is 0 Å². The highest BCUT2D eigenvalue weighted by Crippen LogP contribution is 2.40. The van der Waals surface area contributed by atoms with Gasteiger partial charge in [-0.2, -0.15) is 0 Å². The molecule has 358 valence electrons. The van der Waals surface area contributed by atoms with Crippen LogP contribution in [-0.2, 0) is 42.1 Å². The monoisotopic (exact) mass is 902 g/mol. The van der Waals surface area contributed by atoms with Crippen LogP contribution in [0.5, 0.6) is 0 Å². The van der Waals surface area contributed by atoms with E-state index in [1.165, 1.54) is 45.6 Å². The molecular weight excluding hydrogens is 818 g/mol. The second-order valence-electron chi connectivity index (χ2n) is 16.7. The molecule has 0 bridgehead atoms. The number of hydrogen-bond donors (Lipinski definition) is 0. The first-order valence-electron chi connectivity index (χ1n) is 23.6. The van der Waals surface area contributed by atoms with Crippen LogP contribution < -0.4 is 4.89 Å². The Labute approximate surface area is 382 Å². The molecule has 1 heterocycles. The van der Waals surface area contributed by atoms with Crippen LogP contribution in [0.15, 0.2) is 97.2 Å². The Morgan fingerprint density at radius 2 is 0.952 bits per heavy atom. The summed E-state index contributed by atoms with van der Waals surface area (Å²) in [7, 11) is 2.38. The van der Waals surface area contributed by atoms with Crippen LogP contribution in [0.2, 0.25) is 0 Å². The maximum atomic E-state index is 13.1. The third-order valence-electron chi connectivity index (χ3n) is 9.86. The molecule has 0 N–H and O–H groups in total. The number of hydrogen-bond acceptors (Lipinski definition) is 10. The molecule has 0 radical (unpaired) electrons. The predicted octanol–water partition coefficient (Wildman–Crippen LogP) is 11.7. The number of carbonyl (C=O) groups is 2. The molecule has 1 fully saturated rings. The van der Waals surface area contributed by atoms with Gasteiger partial charge in [0.15, 0.2) is 18.5 Å². The number of unbranched alkanes of at least 4 members (excludes halogenated alkanes) is 8. The molecule has 1 aliphatic rings. The molecule has 0 aliphatic carbocycles. The van der Waals surface area contributed by atoms with E-state index >= 15 is 0 Å². The second-order valence-corrected chi connectivity index (χ2v) is 18.2. The number of esters is 2.